The highest BCUT2D eigenvalue weighted by molar-refractivity contribution is 5.86. The molecule has 0 rings (SSSR count). The number of rotatable bonds is 7. The number of hydrogen-bond acceptors (Lipinski definition) is 3. The maximum Gasteiger partial charge on any atom is 0.333 e. The molecule has 0 aromatic rings. The molecule has 2 amide bonds. The second kappa shape index (κ2) is 7.84. The zero-order chi connectivity index (χ0) is 11.7. The fourth-order valence-corrected chi connectivity index (χ4v) is 0.903. The number of nitrogens with two attached hydrogens (primary N) is 1. The number of carbonyl (C=O) groups is 2. The number of primary amides is 1. The first-order valence-electron chi connectivity index (χ1n) is 4.90. The predicted octanol–water partition coefficient (Wildman–Crippen LogP) is 0.944. The van der Waals surface area contributed by atoms with Gasteiger partial charge in [0.2, 0.25) is 0 Å². The Kier molecular flexibility index (Phi) is 7.05. The lowest BCUT2D eigenvalue weighted by Gasteiger charge is -2.04. The van der Waals surface area contributed by atoms with Gasteiger partial charge in [-0.3, -0.25) is 0 Å². The molecule has 0 atom stereocenters. The Balaban J connectivity index is 3.22. The van der Waals surface area contributed by atoms with Crippen LogP contribution in [0.3, 0.4) is 0 Å². The van der Waals surface area contributed by atoms with Crippen LogP contribution in [0, 0.1) is 0 Å². The molecule has 0 aliphatic rings. The Morgan fingerprint density at radius 3 is 2.53 bits per heavy atom. The van der Waals surface area contributed by atoms with Crippen LogP contribution in [0.1, 0.15) is 26.2 Å². The Morgan fingerprint density at radius 2 is 2.00 bits per heavy atom. The van der Waals surface area contributed by atoms with Crippen molar-refractivity contribution in [1.82, 2.24) is 5.32 Å². The van der Waals surface area contributed by atoms with E-state index in [-0.39, 0.29) is 5.97 Å². The largest absolute Gasteiger partial charge is 0.462 e. The second-order valence-electron chi connectivity index (χ2n) is 3.27. The maximum atomic E-state index is 10.9. The van der Waals surface area contributed by atoms with Gasteiger partial charge in [-0.1, -0.05) is 6.58 Å². The third-order valence-corrected chi connectivity index (χ3v) is 1.70. The lowest BCUT2D eigenvalue weighted by atomic mass is 10.2. The van der Waals surface area contributed by atoms with Gasteiger partial charge < -0.3 is 15.8 Å². The number of nitrogens with one attached hydrogen (secondary N) is 1. The molecule has 5 heteroatoms. The highest BCUT2D eigenvalue weighted by Gasteiger charge is 2.01. The van der Waals surface area contributed by atoms with Crippen LogP contribution < -0.4 is 11.1 Å². The van der Waals surface area contributed by atoms with Crippen molar-refractivity contribution in [3.05, 3.63) is 12.2 Å². The third-order valence-electron chi connectivity index (χ3n) is 1.70. The molecule has 5 nitrogen and oxygen atoms in total. The number of ether oxygens (including phenoxy) is 1. The average Bonchev–Trinajstić information content (AvgIpc) is 2.15. The van der Waals surface area contributed by atoms with E-state index >= 15 is 0 Å². The number of amides is 2. The Hall–Kier alpha value is -1.52. The van der Waals surface area contributed by atoms with E-state index in [2.05, 4.69) is 11.9 Å². The molecule has 86 valence electrons. The Bertz CT molecular complexity index is 239. The summed E-state index contributed by atoms with van der Waals surface area (Å²) in [4.78, 5) is 21.2. The normalized spacial score (nSPS) is 9.40. The van der Waals surface area contributed by atoms with Crippen LogP contribution in [0.15, 0.2) is 12.2 Å². The molecule has 3 N–H and O–H groups in total. The first kappa shape index (κ1) is 13.5. The molecule has 0 saturated heterocycles. The molecule has 0 saturated carbocycles. The predicted molar refractivity (Wildman–Crippen MR) is 57.2 cm³/mol. The summed E-state index contributed by atoms with van der Waals surface area (Å²) in [6.45, 7) is 6.03. The van der Waals surface area contributed by atoms with Crippen molar-refractivity contribution in [1.29, 1.82) is 0 Å². The number of esters is 1. The number of unbranched alkanes of at least 4 members (excludes halogenated alkanes) is 2. The summed E-state index contributed by atoms with van der Waals surface area (Å²) in [5.41, 5.74) is 5.29. The van der Waals surface area contributed by atoms with Crippen LogP contribution >= 0.6 is 0 Å². The number of hydrogen-bond donors (Lipinski definition) is 2. The molecule has 15 heavy (non-hydrogen) atoms. The molecule has 0 aliphatic heterocycles. The molecule has 0 bridgehead atoms. The minimum Gasteiger partial charge on any atom is -0.462 e. The quantitative estimate of drug-likeness (QED) is 0.376. The SMILES string of the molecule is C=C(C)C(=O)OCCCCCNC(N)=O. The van der Waals surface area contributed by atoms with Crippen molar-refractivity contribution >= 4 is 12.0 Å². The average molecular weight is 214 g/mol. The highest BCUT2D eigenvalue weighted by atomic mass is 16.5. The van der Waals surface area contributed by atoms with Crippen LogP contribution in [-0.2, 0) is 9.53 Å². The van der Waals surface area contributed by atoms with Gasteiger partial charge in [0.1, 0.15) is 0 Å². The minimum atomic E-state index is -0.510. The summed E-state index contributed by atoms with van der Waals surface area (Å²) < 4.78 is 4.88. The number of urea groups is 1. The first-order valence-corrected chi connectivity index (χ1v) is 4.90. The minimum absolute atomic E-state index is 0.356. The molecule has 0 aromatic heterocycles. The van der Waals surface area contributed by atoms with Gasteiger partial charge in [0.25, 0.3) is 0 Å². The summed E-state index contributed by atoms with van der Waals surface area (Å²) in [7, 11) is 0. The molecule has 0 heterocycles. The van der Waals surface area contributed by atoms with E-state index in [1.54, 1.807) is 6.92 Å². The zero-order valence-corrected chi connectivity index (χ0v) is 9.04. The Labute approximate surface area is 89.7 Å². The lowest BCUT2D eigenvalue weighted by molar-refractivity contribution is -0.139. The first-order chi connectivity index (χ1) is 7.04. The molecule has 0 spiro atoms. The van der Waals surface area contributed by atoms with Crippen LogP contribution in [0.25, 0.3) is 0 Å². The third kappa shape index (κ3) is 8.80. The fourth-order valence-electron chi connectivity index (χ4n) is 0.903. The lowest BCUT2D eigenvalue weighted by Crippen LogP contribution is -2.30. The molecular weight excluding hydrogens is 196 g/mol. The molecule has 0 aliphatic carbocycles. The molecule has 0 radical (unpaired) electrons. The van der Waals surface area contributed by atoms with Crippen LogP contribution in [0.5, 0.6) is 0 Å². The summed E-state index contributed by atoms with van der Waals surface area (Å²) in [5.74, 6) is -0.356. The van der Waals surface area contributed by atoms with Crippen LogP contribution in [-0.4, -0.2) is 25.2 Å². The van der Waals surface area contributed by atoms with E-state index in [0.29, 0.717) is 18.7 Å². The smallest absolute Gasteiger partial charge is 0.333 e. The molecule has 0 aromatic carbocycles. The van der Waals surface area contributed by atoms with Crippen molar-refractivity contribution < 1.29 is 14.3 Å². The van der Waals surface area contributed by atoms with E-state index in [0.717, 1.165) is 19.3 Å². The van der Waals surface area contributed by atoms with Gasteiger partial charge >= 0.3 is 12.0 Å². The molecule has 0 fully saturated rings. The summed E-state index contributed by atoms with van der Waals surface area (Å²) in [6.07, 6.45) is 2.48. The van der Waals surface area contributed by atoms with Gasteiger partial charge in [0.15, 0.2) is 0 Å². The zero-order valence-electron chi connectivity index (χ0n) is 9.04. The molecular formula is C10H18N2O3. The molecule has 0 unspecified atom stereocenters. The van der Waals surface area contributed by atoms with Gasteiger partial charge in [-0.2, -0.15) is 0 Å². The van der Waals surface area contributed by atoms with E-state index in [9.17, 15) is 9.59 Å². The van der Waals surface area contributed by atoms with Crippen molar-refractivity contribution in [2.45, 2.75) is 26.2 Å². The standard InChI is InChI=1S/C10H18N2O3/c1-8(2)9(13)15-7-5-3-4-6-12-10(11)14/h1,3-7H2,2H3,(H3,11,12,14). The topological polar surface area (TPSA) is 81.4 Å². The van der Waals surface area contributed by atoms with Crippen molar-refractivity contribution in [3.8, 4) is 0 Å². The fraction of sp³-hybridized carbons (Fsp3) is 0.600. The van der Waals surface area contributed by atoms with Crippen LogP contribution in [0.2, 0.25) is 0 Å². The van der Waals surface area contributed by atoms with E-state index in [1.165, 1.54) is 0 Å². The van der Waals surface area contributed by atoms with Gasteiger partial charge in [0.05, 0.1) is 6.61 Å². The van der Waals surface area contributed by atoms with Gasteiger partial charge in [-0.15, -0.1) is 0 Å². The highest BCUT2D eigenvalue weighted by Crippen LogP contribution is 1.98. The van der Waals surface area contributed by atoms with Gasteiger partial charge in [-0.25, -0.2) is 9.59 Å². The van der Waals surface area contributed by atoms with Crippen LogP contribution in [0.4, 0.5) is 4.79 Å². The van der Waals surface area contributed by atoms with Gasteiger partial charge in [0, 0.05) is 12.1 Å². The van der Waals surface area contributed by atoms with Crippen molar-refractivity contribution in [2.24, 2.45) is 5.73 Å². The van der Waals surface area contributed by atoms with E-state index in [4.69, 9.17) is 10.5 Å². The second-order valence-corrected chi connectivity index (χ2v) is 3.27. The van der Waals surface area contributed by atoms with E-state index < -0.39 is 6.03 Å². The van der Waals surface area contributed by atoms with Crippen molar-refractivity contribution in [3.63, 3.8) is 0 Å². The van der Waals surface area contributed by atoms with E-state index in [1.807, 2.05) is 0 Å². The summed E-state index contributed by atoms with van der Waals surface area (Å²) >= 11 is 0. The van der Waals surface area contributed by atoms with Gasteiger partial charge in [-0.05, 0) is 26.2 Å². The maximum absolute atomic E-state index is 10.9. The van der Waals surface area contributed by atoms with Crippen molar-refractivity contribution in [2.75, 3.05) is 13.2 Å². The summed E-state index contributed by atoms with van der Waals surface area (Å²) in [5, 5.41) is 2.48. The summed E-state index contributed by atoms with van der Waals surface area (Å²) in [6, 6.07) is -0.510. The monoisotopic (exact) mass is 214 g/mol. The Morgan fingerprint density at radius 1 is 1.33 bits per heavy atom. The number of carbonyl (C=O) groups excluding carboxylic acids is 2.